The van der Waals surface area contributed by atoms with E-state index in [1.165, 1.54) is 12.1 Å². The third-order valence-corrected chi connectivity index (χ3v) is 4.47. The van der Waals surface area contributed by atoms with Crippen molar-refractivity contribution in [3.05, 3.63) is 35.4 Å². The summed E-state index contributed by atoms with van der Waals surface area (Å²) >= 11 is 0. The van der Waals surface area contributed by atoms with Crippen molar-refractivity contribution in [3.63, 3.8) is 0 Å². The molecule has 1 amide bonds. The maximum absolute atomic E-state index is 12.7. The van der Waals surface area contributed by atoms with Gasteiger partial charge in [-0.1, -0.05) is 12.1 Å². The molecule has 1 aromatic rings. The van der Waals surface area contributed by atoms with Crippen LogP contribution >= 0.6 is 0 Å². The van der Waals surface area contributed by atoms with Crippen LogP contribution in [0.3, 0.4) is 0 Å². The molecular weight excluding hydrogens is 321 g/mol. The Kier molecular flexibility index (Phi) is 5.87. The lowest BCUT2D eigenvalue weighted by atomic mass is 10.0. The Morgan fingerprint density at radius 3 is 2.38 bits per heavy atom. The van der Waals surface area contributed by atoms with E-state index in [0.29, 0.717) is 26.2 Å². The van der Waals surface area contributed by atoms with Crippen LogP contribution in [0.1, 0.15) is 31.0 Å². The summed E-state index contributed by atoms with van der Waals surface area (Å²) in [6.45, 7) is 5.83. The predicted octanol–water partition coefficient (Wildman–Crippen LogP) is 2.95. The van der Waals surface area contributed by atoms with Crippen molar-refractivity contribution in [2.45, 2.75) is 32.1 Å². The smallest absolute Gasteiger partial charge is 0.383 e. The van der Waals surface area contributed by atoms with Crippen molar-refractivity contribution >= 4 is 5.91 Å². The number of hydrogen-bond acceptors (Lipinski definition) is 3. The average Bonchev–Trinajstić information content (AvgIpc) is 2.52. The zero-order chi connectivity index (χ0) is 17.9. The standard InChI is InChI=1S/C17H23F3N2O2/c1-12-10-21(13(2)23)8-9-22(12)16(11-24-3)14-4-6-15(7-5-14)17(18,19)20/h4-7,12,16H,8-11H2,1-3H3/t12-,16-/m0/s1. The molecule has 1 heterocycles. The Bertz CT molecular complexity index is 560. The number of ether oxygens (including phenoxy) is 1. The first kappa shape index (κ1) is 18.7. The molecule has 2 atom stereocenters. The lowest BCUT2D eigenvalue weighted by molar-refractivity contribution is -0.137. The Hall–Kier alpha value is -1.60. The number of nitrogens with zero attached hydrogens (tertiary/aromatic N) is 2. The zero-order valence-corrected chi connectivity index (χ0v) is 14.1. The summed E-state index contributed by atoms with van der Waals surface area (Å²) in [5.74, 6) is 0.0410. The lowest BCUT2D eigenvalue weighted by Gasteiger charge is -2.43. The number of halogens is 3. The maximum atomic E-state index is 12.7. The van der Waals surface area contributed by atoms with Gasteiger partial charge in [0, 0.05) is 39.7 Å². The van der Waals surface area contributed by atoms with Gasteiger partial charge in [-0.25, -0.2) is 0 Å². The molecule has 1 fully saturated rings. The van der Waals surface area contributed by atoms with E-state index in [4.69, 9.17) is 4.74 Å². The monoisotopic (exact) mass is 344 g/mol. The van der Waals surface area contributed by atoms with Crippen LogP contribution in [0.5, 0.6) is 0 Å². The van der Waals surface area contributed by atoms with Crippen molar-refractivity contribution in [3.8, 4) is 0 Å². The van der Waals surface area contributed by atoms with Gasteiger partial charge in [-0.3, -0.25) is 9.69 Å². The molecule has 2 rings (SSSR count). The van der Waals surface area contributed by atoms with Crippen LogP contribution < -0.4 is 0 Å². The molecule has 24 heavy (non-hydrogen) atoms. The molecular formula is C17H23F3N2O2. The van der Waals surface area contributed by atoms with Gasteiger partial charge in [-0.2, -0.15) is 13.2 Å². The Labute approximate surface area is 140 Å². The third-order valence-electron chi connectivity index (χ3n) is 4.47. The normalized spacial score (nSPS) is 20.9. The number of hydrogen-bond donors (Lipinski definition) is 0. The largest absolute Gasteiger partial charge is 0.416 e. The molecule has 0 spiro atoms. The highest BCUT2D eigenvalue weighted by molar-refractivity contribution is 5.73. The highest BCUT2D eigenvalue weighted by Gasteiger charge is 2.33. The summed E-state index contributed by atoms with van der Waals surface area (Å²) in [7, 11) is 1.58. The quantitative estimate of drug-likeness (QED) is 0.842. The number of alkyl halides is 3. The van der Waals surface area contributed by atoms with Gasteiger partial charge in [-0.15, -0.1) is 0 Å². The van der Waals surface area contributed by atoms with E-state index in [-0.39, 0.29) is 18.0 Å². The highest BCUT2D eigenvalue weighted by atomic mass is 19.4. The lowest BCUT2D eigenvalue weighted by Crippen LogP contribution is -2.54. The summed E-state index contributed by atoms with van der Waals surface area (Å²) in [5, 5.41) is 0. The number of amides is 1. The van der Waals surface area contributed by atoms with E-state index in [1.54, 1.807) is 18.9 Å². The van der Waals surface area contributed by atoms with Crippen LogP contribution in [-0.2, 0) is 15.7 Å². The predicted molar refractivity (Wildman–Crippen MR) is 84.5 cm³/mol. The maximum Gasteiger partial charge on any atom is 0.416 e. The molecule has 1 saturated heterocycles. The van der Waals surface area contributed by atoms with Crippen LogP contribution in [0.2, 0.25) is 0 Å². The summed E-state index contributed by atoms with van der Waals surface area (Å²) in [6.07, 6.45) is -4.34. The molecule has 0 saturated carbocycles. The fourth-order valence-electron chi connectivity index (χ4n) is 3.16. The van der Waals surface area contributed by atoms with Crippen LogP contribution in [0, 0.1) is 0 Å². The zero-order valence-electron chi connectivity index (χ0n) is 14.1. The minimum absolute atomic E-state index is 0.0410. The number of carbonyl (C=O) groups is 1. The molecule has 4 nitrogen and oxygen atoms in total. The molecule has 1 aliphatic heterocycles. The van der Waals surface area contributed by atoms with E-state index in [1.807, 2.05) is 6.92 Å². The van der Waals surface area contributed by atoms with Gasteiger partial charge in [0.15, 0.2) is 0 Å². The summed E-state index contributed by atoms with van der Waals surface area (Å²) in [4.78, 5) is 15.5. The molecule has 134 valence electrons. The van der Waals surface area contributed by atoms with Crippen molar-refractivity contribution in [2.75, 3.05) is 33.4 Å². The molecule has 0 aliphatic carbocycles. The highest BCUT2D eigenvalue weighted by Crippen LogP contribution is 2.32. The van der Waals surface area contributed by atoms with Gasteiger partial charge in [-0.05, 0) is 24.6 Å². The van der Waals surface area contributed by atoms with E-state index >= 15 is 0 Å². The number of piperazine rings is 1. The van der Waals surface area contributed by atoms with E-state index < -0.39 is 11.7 Å². The van der Waals surface area contributed by atoms with Crippen molar-refractivity contribution in [1.29, 1.82) is 0 Å². The molecule has 0 radical (unpaired) electrons. The van der Waals surface area contributed by atoms with Crippen LogP contribution in [-0.4, -0.2) is 55.1 Å². The summed E-state index contributed by atoms with van der Waals surface area (Å²) < 4.78 is 43.5. The first-order valence-electron chi connectivity index (χ1n) is 7.91. The number of rotatable bonds is 4. The van der Waals surface area contributed by atoms with Crippen molar-refractivity contribution in [2.24, 2.45) is 0 Å². The second-order valence-electron chi connectivity index (χ2n) is 6.14. The fourth-order valence-corrected chi connectivity index (χ4v) is 3.16. The van der Waals surface area contributed by atoms with Gasteiger partial charge in [0.05, 0.1) is 18.2 Å². The number of methoxy groups -OCH3 is 1. The van der Waals surface area contributed by atoms with Gasteiger partial charge in [0.25, 0.3) is 0 Å². The second-order valence-corrected chi connectivity index (χ2v) is 6.14. The Morgan fingerprint density at radius 1 is 1.29 bits per heavy atom. The Morgan fingerprint density at radius 2 is 1.92 bits per heavy atom. The van der Waals surface area contributed by atoms with Gasteiger partial charge < -0.3 is 9.64 Å². The number of benzene rings is 1. The van der Waals surface area contributed by atoms with Crippen LogP contribution in [0.25, 0.3) is 0 Å². The molecule has 7 heteroatoms. The molecule has 0 bridgehead atoms. The minimum Gasteiger partial charge on any atom is -0.383 e. The molecule has 0 aromatic heterocycles. The SMILES string of the molecule is COC[C@@H](c1ccc(C(F)(F)F)cc1)N1CCN(C(C)=O)C[C@@H]1C. The first-order chi connectivity index (χ1) is 11.2. The van der Waals surface area contributed by atoms with E-state index in [0.717, 1.165) is 17.7 Å². The van der Waals surface area contributed by atoms with Crippen LogP contribution in [0.4, 0.5) is 13.2 Å². The molecule has 0 N–H and O–H groups in total. The van der Waals surface area contributed by atoms with Gasteiger partial charge in [0.1, 0.15) is 0 Å². The molecule has 1 aliphatic rings. The fraction of sp³-hybridized carbons (Fsp3) is 0.588. The van der Waals surface area contributed by atoms with Gasteiger partial charge in [0.2, 0.25) is 5.91 Å². The van der Waals surface area contributed by atoms with Crippen molar-refractivity contribution in [1.82, 2.24) is 9.80 Å². The minimum atomic E-state index is -4.34. The third kappa shape index (κ3) is 4.27. The second kappa shape index (κ2) is 7.53. The summed E-state index contributed by atoms with van der Waals surface area (Å²) in [5.41, 5.74) is 0.129. The average molecular weight is 344 g/mol. The molecule has 0 unspecified atom stereocenters. The van der Waals surface area contributed by atoms with E-state index in [2.05, 4.69) is 4.90 Å². The number of carbonyl (C=O) groups excluding carboxylic acids is 1. The Balaban J connectivity index is 2.19. The summed E-state index contributed by atoms with van der Waals surface area (Å²) in [6, 6.07) is 5.20. The molecule has 1 aromatic carbocycles. The topological polar surface area (TPSA) is 32.8 Å². The van der Waals surface area contributed by atoms with Crippen molar-refractivity contribution < 1.29 is 22.7 Å². The first-order valence-corrected chi connectivity index (χ1v) is 7.91. The van der Waals surface area contributed by atoms with E-state index in [9.17, 15) is 18.0 Å². The van der Waals surface area contributed by atoms with Gasteiger partial charge >= 0.3 is 6.18 Å². The van der Waals surface area contributed by atoms with Crippen LogP contribution in [0.15, 0.2) is 24.3 Å².